The molecule has 2 aromatic heterocycles. The number of nitrogens with one attached hydrogen (secondary N) is 1. The van der Waals surface area contributed by atoms with E-state index in [0.717, 1.165) is 24.4 Å². The van der Waals surface area contributed by atoms with Crippen LogP contribution in [0.25, 0.3) is 11.2 Å². The number of aromatic nitrogens is 4. The SMILES string of the molecule is Clc1nc(N2CCCC2)c2nc[nH]c2n1. The van der Waals surface area contributed by atoms with Crippen molar-refractivity contribution in [3.05, 3.63) is 11.6 Å². The summed E-state index contributed by atoms with van der Waals surface area (Å²) >= 11 is 5.86. The number of H-pyrrole nitrogens is 1. The van der Waals surface area contributed by atoms with Crippen molar-refractivity contribution in [3.63, 3.8) is 0 Å². The van der Waals surface area contributed by atoms with Gasteiger partial charge in [0.15, 0.2) is 17.0 Å². The molecule has 1 aliphatic heterocycles. The molecule has 3 rings (SSSR count). The minimum Gasteiger partial charge on any atom is -0.355 e. The van der Waals surface area contributed by atoms with Gasteiger partial charge in [-0.3, -0.25) is 0 Å². The van der Waals surface area contributed by atoms with Gasteiger partial charge in [-0.25, -0.2) is 4.98 Å². The molecule has 0 amide bonds. The predicted molar refractivity (Wildman–Crippen MR) is 58.1 cm³/mol. The molecule has 6 heteroatoms. The molecule has 0 spiro atoms. The molecular weight excluding hydrogens is 214 g/mol. The molecule has 1 N–H and O–H groups in total. The number of fused-ring (bicyclic) bond motifs is 1. The first kappa shape index (κ1) is 8.91. The molecule has 0 aliphatic carbocycles. The molecule has 1 fully saturated rings. The lowest BCUT2D eigenvalue weighted by Crippen LogP contribution is -2.19. The second-order valence-electron chi connectivity index (χ2n) is 3.61. The summed E-state index contributed by atoms with van der Waals surface area (Å²) in [7, 11) is 0. The number of hydrogen-bond acceptors (Lipinski definition) is 4. The van der Waals surface area contributed by atoms with E-state index in [4.69, 9.17) is 11.6 Å². The highest BCUT2D eigenvalue weighted by Gasteiger charge is 2.18. The highest BCUT2D eigenvalue weighted by atomic mass is 35.5. The van der Waals surface area contributed by atoms with Gasteiger partial charge >= 0.3 is 0 Å². The summed E-state index contributed by atoms with van der Waals surface area (Å²) in [5, 5.41) is 0.272. The van der Waals surface area contributed by atoms with Gasteiger partial charge in [0.25, 0.3) is 0 Å². The topological polar surface area (TPSA) is 57.7 Å². The second kappa shape index (κ2) is 3.34. The van der Waals surface area contributed by atoms with Crippen LogP contribution in [-0.2, 0) is 0 Å². The van der Waals surface area contributed by atoms with Gasteiger partial charge < -0.3 is 9.88 Å². The standard InChI is InChI=1S/C9H10ClN5/c10-9-13-7-6(11-5-12-7)8(14-9)15-3-1-2-4-15/h5H,1-4H2,(H,11,12,13,14). The normalized spacial score (nSPS) is 16.5. The van der Waals surface area contributed by atoms with Gasteiger partial charge in [0.05, 0.1) is 6.33 Å². The van der Waals surface area contributed by atoms with Gasteiger partial charge in [-0.1, -0.05) is 0 Å². The average molecular weight is 224 g/mol. The van der Waals surface area contributed by atoms with E-state index in [2.05, 4.69) is 24.8 Å². The molecule has 0 unspecified atom stereocenters. The highest BCUT2D eigenvalue weighted by molar-refractivity contribution is 6.28. The first-order valence-electron chi connectivity index (χ1n) is 4.96. The Morgan fingerprint density at radius 2 is 2.07 bits per heavy atom. The third-order valence-electron chi connectivity index (χ3n) is 2.64. The average Bonchev–Trinajstić information content (AvgIpc) is 2.86. The van der Waals surface area contributed by atoms with Crippen LogP contribution in [0.5, 0.6) is 0 Å². The number of nitrogens with zero attached hydrogens (tertiary/aromatic N) is 4. The van der Waals surface area contributed by atoms with Crippen LogP contribution >= 0.6 is 11.6 Å². The first-order chi connectivity index (χ1) is 7.34. The zero-order valence-corrected chi connectivity index (χ0v) is 8.83. The monoisotopic (exact) mass is 223 g/mol. The van der Waals surface area contributed by atoms with Crippen LogP contribution in [0.1, 0.15) is 12.8 Å². The Labute approximate surface area is 91.5 Å². The van der Waals surface area contributed by atoms with Crippen molar-refractivity contribution in [2.75, 3.05) is 18.0 Å². The first-order valence-corrected chi connectivity index (χ1v) is 5.34. The number of imidazole rings is 1. The molecule has 0 radical (unpaired) electrons. The maximum absolute atomic E-state index is 5.86. The van der Waals surface area contributed by atoms with E-state index in [1.807, 2.05) is 0 Å². The van der Waals surface area contributed by atoms with Crippen molar-refractivity contribution >= 4 is 28.6 Å². The van der Waals surface area contributed by atoms with Gasteiger partial charge in [0.2, 0.25) is 5.28 Å². The Hall–Kier alpha value is -1.36. The van der Waals surface area contributed by atoms with Crippen LogP contribution in [0.4, 0.5) is 5.82 Å². The van der Waals surface area contributed by atoms with Crippen molar-refractivity contribution in [1.82, 2.24) is 19.9 Å². The number of halogens is 1. The molecule has 0 atom stereocenters. The molecule has 78 valence electrons. The largest absolute Gasteiger partial charge is 0.355 e. The fourth-order valence-electron chi connectivity index (χ4n) is 1.94. The zero-order valence-electron chi connectivity index (χ0n) is 8.07. The molecule has 3 heterocycles. The van der Waals surface area contributed by atoms with Gasteiger partial charge in [0, 0.05) is 13.1 Å². The summed E-state index contributed by atoms with van der Waals surface area (Å²) in [4.78, 5) is 17.7. The molecule has 0 aromatic carbocycles. The van der Waals surface area contributed by atoms with E-state index in [1.54, 1.807) is 6.33 Å². The lowest BCUT2D eigenvalue weighted by Gasteiger charge is -2.16. The molecule has 1 saturated heterocycles. The van der Waals surface area contributed by atoms with E-state index in [9.17, 15) is 0 Å². The summed E-state index contributed by atoms with van der Waals surface area (Å²) in [6, 6.07) is 0. The second-order valence-corrected chi connectivity index (χ2v) is 3.95. The third-order valence-corrected chi connectivity index (χ3v) is 2.81. The van der Waals surface area contributed by atoms with Crippen LogP contribution < -0.4 is 4.90 Å². The van der Waals surface area contributed by atoms with Crippen molar-refractivity contribution < 1.29 is 0 Å². The number of aromatic amines is 1. The fraction of sp³-hybridized carbons (Fsp3) is 0.444. The Morgan fingerprint density at radius 3 is 2.87 bits per heavy atom. The lowest BCUT2D eigenvalue weighted by atomic mass is 10.4. The van der Waals surface area contributed by atoms with E-state index >= 15 is 0 Å². The van der Waals surface area contributed by atoms with E-state index in [-0.39, 0.29) is 5.28 Å². The zero-order chi connectivity index (χ0) is 10.3. The Kier molecular flexibility index (Phi) is 1.98. The van der Waals surface area contributed by atoms with Crippen molar-refractivity contribution in [3.8, 4) is 0 Å². The Bertz CT molecular complexity index is 488. The van der Waals surface area contributed by atoms with E-state index in [0.29, 0.717) is 5.65 Å². The summed E-state index contributed by atoms with van der Waals surface area (Å²) in [6.45, 7) is 2.05. The van der Waals surface area contributed by atoms with Crippen molar-refractivity contribution in [1.29, 1.82) is 0 Å². The Morgan fingerprint density at radius 1 is 1.27 bits per heavy atom. The minimum absolute atomic E-state index is 0.272. The molecule has 0 bridgehead atoms. The maximum atomic E-state index is 5.86. The van der Waals surface area contributed by atoms with E-state index < -0.39 is 0 Å². The summed E-state index contributed by atoms with van der Waals surface area (Å²) in [5.41, 5.74) is 1.51. The number of hydrogen-bond donors (Lipinski definition) is 1. The smallest absolute Gasteiger partial charge is 0.226 e. The molecule has 1 aliphatic rings. The Balaban J connectivity index is 2.18. The number of rotatable bonds is 1. The minimum atomic E-state index is 0.272. The molecule has 0 saturated carbocycles. The van der Waals surface area contributed by atoms with Crippen LogP contribution in [0, 0.1) is 0 Å². The highest BCUT2D eigenvalue weighted by Crippen LogP contribution is 2.25. The van der Waals surface area contributed by atoms with Crippen LogP contribution in [0.2, 0.25) is 5.28 Å². The molecular formula is C9H10ClN5. The van der Waals surface area contributed by atoms with E-state index in [1.165, 1.54) is 12.8 Å². The van der Waals surface area contributed by atoms with Gasteiger partial charge in [-0.05, 0) is 24.4 Å². The molecule has 5 nitrogen and oxygen atoms in total. The maximum Gasteiger partial charge on any atom is 0.226 e. The van der Waals surface area contributed by atoms with Crippen LogP contribution in [0.15, 0.2) is 6.33 Å². The van der Waals surface area contributed by atoms with Crippen molar-refractivity contribution in [2.45, 2.75) is 12.8 Å². The van der Waals surface area contributed by atoms with Crippen LogP contribution in [0.3, 0.4) is 0 Å². The van der Waals surface area contributed by atoms with Crippen LogP contribution in [-0.4, -0.2) is 33.0 Å². The van der Waals surface area contributed by atoms with Gasteiger partial charge in [-0.15, -0.1) is 0 Å². The van der Waals surface area contributed by atoms with Gasteiger partial charge in [-0.2, -0.15) is 9.97 Å². The molecule has 2 aromatic rings. The summed E-state index contributed by atoms with van der Waals surface area (Å²) in [6.07, 6.45) is 4.02. The summed E-state index contributed by atoms with van der Waals surface area (Å²) in [5.74, 6) is 0.851. The lowest BCUT2D eigenvalue weighted by molar-refractivity contribution is 0.937. The summed E-state index contributed by atoms with van der Waals surface area (Å²) < 4.78 is 0. The van der Waals surface area contributed by atoms with Gasteiger partial charge in [0.1, 0.15) is 0 Å². The fourth-order valence-corrected chi connectivity index (χ4v) is 2.11. The number of anilines is 1. The third kappa shape index (κ3) is 1.43. The molecule has 15 heavy (non-hydrogen) atoms. The quantitative estimate of drug-likeness (QED) is 0.747. The van der Waals surface area contributed by atoms with Crippen molar-refractivity contribution in [2.24, 2.45) is 0 Å². The predicted octanol–water partition coefficient (Wildman–Crippen LogP) is 1.61.